The van der Waals surface area contributed by atoms with Crippen LogP contribution in [0, 0.1) is 0 Å². The van der Waals surface area contributed by atoms with Crippen LogP contribution < -0.4 is 10.5 Å². The molecule has 1 aromatic rings. The first-order valence-electron chi connectivity index (χ1n) is 5.51. The van der Waals surface area contributed by atoms with Gasteiger partial charge < -0.3 is 15.6 Å². The first kappa shape index (κ1) is 18.0. The van der Waals surface area contributed by atoms with E-state index in [0.717, 1.165) is 12.1 Å². The molecule has 110 valence electrons. The molecule has 0 heterocycles. The predicted molar refractivity (Wildman–Crippen MR) is 68.5 cm³/mol. The number of hydrogen-bond donors (Lipinski definition) is 2. The average Bonchev–Trinajstić information content (AvgIpc) is 2.34. The molecule has 0 aromatic heterocycles. The Bertz CT molecular complexity index is 399. The Morgan fingerprint density at radius 2 is 2.00 bits per heavy atom. The van der Waals surface area contributed by atoms with Gasteiger partial charge >= 0.3 is 6.18 Å². The van der Waals surface area contributed by atoms with Crippen molar-refractivity contribution in [2.75, 3.05) is 13.7 Å². The van der Waals surface area contributed by atoms with Gasteiger partial charge in [0.1, 0.15) is 5.75 Å². The number of aliphatic hydroxyl groups excluding tert-OH is 1. The van der Waals surface area contributed by atoms with Gasteiger partial charge in [0.25, 0.3) is 0 Å². The van der Waals surface area contributed by atoms with E-state index in [9.17, 15) is 13.2 Å². The molecule has 0 spiro atoms. The van der Waals surface area contributed by atoms with Crippen LogP contribution >= 0.6 is 12.4 Å². The first-order valence-corrected chi connectivity index (χ1v) is 5.51. The number of benzene rings is 1. The second-order valence-electron chi connectivity index (χ2n) is 3.93. The Morgan fingerprint density at radius 1 is 1.37 bits per heavy atom. The largest absolute Gasteiger partial charge is 0.496 e. The highest BCUT2D eigenvalue weighted by Crippen LogP contribution is 2.35. The summed E-state index contributed by atoms with van der Waals surface area (Å²) < 4.78 is 42.5. The van der Waals surface area contributed by atoms with E-state index < -0.39 is 17.8 Å². The third-order valence-corrected chi connectivity index (χ3v) is 2.63. The van der Waals surface area contributed by atoms with Crippen LogP contribution in [0.25, 0.3) is 0 Å². The first-order chi connectivity index (χ1) is 8.40. The van der Waals surface area contributed by atoms with Gasteiger partial charge in [-0.2, -0.15) is 13.2 Å². The number of ether oxygens (including phenoxy) is 1. The van der Waals surface area contributed by atoms with Gasteiger partial charge in [-0.25, -0.2) is 0 Å². The molecular formula is C12H17ClF3NO2. The quantitative estimate of drug-likeness (QED) is 0.879. The Hall–Kier alpha value is -0.980. The summed E-state index contributed by atoms with van der Waals surface area (Å²) in [6.07, 6.45) is -3.43. The molecule has 3 nitrogen and oxygen atoms in total. The molecule has 0 amide bonds. The molecule has 0 fully saturated rings. The molecule has 1 atom stereocenters. The summed E-state index contributed by atoms with van der Waals surface area (Å²) in [5.74, 6) is 0.121. The number of methoxy groups -OCH3 is 1. The van der Waals surface area contributed by atoms with Crippen LogP contribution in [0.2, 0.25) is 0 Å². The van der Waals surface area contributed by atoms with Crippen LogP contribution in [0.5, 0.6) is 5.75 Å². The molecular weight excluding hydrogens is 283 g/mol. The maximum atomic E-state index is 12.5. The van der Waals surface area contributed by atoms with Crippen molar-refractivity contribution in [2.24, 2.45) is 5.73 Å². The van der Waals surface area contributed by atoms with Crippen molar-refractivity contribution >= 4 is 12.4 Å². The molecule has 7 heteroatoms. The van der Waals surface area contributed by atoms with E-state index in [4.69, 9.17) is 15.6 Å². The highest BCUT2D eigenvalue weighted by Gasteiger charge is 2.31. The molecule has 1 rings (SSSR count). The molecule has 3 N–H and O–H groups in total. The van der Waals surface area contributed by atoms with Crippen LogP contribution in [0.4, 0.5) is 13.2 Å². The summed E-state index contributed by atoms with van der Waals surface area (Å²) in [5, 5.41) is 8.70. The van der Waals surface area contributed by atoms with E-state index in [0.29, 0.717) is 18.4 Å². The summed E-state index contributed by atoms with van der Waals surface area (Å²) >= 11 is 0. The van der Waals surface area contributed by atoms with E-state index in [1.165, 1.54) is 13.2 Å². The lowest BCUT2D eigenvalue weighted by Gasteiger charge is -2.17. The lowest BCUT2D eigenvalue weighted by molar-refractivity contribution is -0.137. The standard InChI is InChI=1S/C12H16F3NO2.ClH/c1-18-11-7-8(12(13,14)15)4-5-9(11)10(16)3-2-6-17;/h4-5,7,10,17H,2-3,6,16H2,1H3;1H/t10-;/m0./s1. The van der Waals surface area contributed by atoms with E-state index >= 15 is 0 Å². The van der Waals surface area contributed by atoms with Crippen molar-refractivity contribution in [3.8, 4) is 5.75 Å². The van der Waals surface area contributed by atoms with Crippen molar-refractivity contribution in [2.45, 2.75) is 25.1 Å². The lowest BCUT2D eigenvalue weighted by atomic mass is 10.00. The molecule has 0 aliphatic carbocycles. The Balaban J connectivity index is 0.00000324. The Labute approximate surface area is 116 Å². The second kappa shape index (κ2) is 7.57. The molecule has 0 bridgehead atoms. The van der Waals surface area contributed by atoms with Crippen LogP contribution in [0.15, 0.2) is 18.2 Å². The SMILES string of the molecule is COc1cc(C(F)(F)F)ccc1[C@@H](N)CCCO.Cl. The van der Waals surface area contributed by atoms with Crippen molar-refractivity contribution in [3.05, 3.63) is 29.3 Å². The lowest BCUT2D eigenvalue weighted by Crippen LogP contribution is -2.13. The van der Waals surface area contributed by atoms with E-state index in [2.05, 4.69) is 0 Å². The summed E-state index contributed by atoms with van der Waals surface area (Å²) in [4.78, 5) is 0. The van der Waals surface area contributed by atoms with E-state index in [1.807, 2.05) is 0 Å². The summed E-state index contributed by atoms with van der Waals surface area (Å²) in [6, 6.07) is 2.79. The van der Waals surface area contributed by atoms with Gasteiger partial charge in [0, 0.05) is 18.2 Å². The summed E-state index contributed by atoms with van der Waals surface area (Å²) in [6.45, 7) is -0.00332. The molecule has 0 aliphatic rings. The number of alkyl halides is 3. The topological polar surface area (TPSA) is 55.5 Å². The zero-order chi connectivity index (χ0) is 13.8. The van der Waals surface area contributed by atoms with Crippen molar-refractivity contribution in [1.29, 1.82) is 0 Å². The van der Waals surface area contributed by atoms with Gasteiger partial charge in [-0.3, -0.25) is 0 Å². The Kier molecular flexibility index (Phi) is 7.18. The maximum absolute atomic E-state index is 12.5. The zero-order valence-corrected chi connectivity index (χ0v) is 11.2. The molecule has 19 heavy (non-hydrogen) atoms. The molecule has 0 unspecified atom stereocenters. The number of rotatable bonds is 5. The number of halogens is 4. The van der Waals surface area contributed by atoms with Crippen LogP contribution in [0.1, 0.15) is 30.0 Å². The van der Waals surface area contributed by atoms with Gasteiger partial charge in [-0.1, -0.05) is 6.07 Å². The van der Waals surface area contributed by atoms with Crippen molar-refractivity contribution in [1.82, 2.24) is 0 Å². The number of aliphatic hydroxyl groups is 1. The molecule has 0 aliphatic heterocycles. The minimum absolute atomic E-state index is 0. The zero-order valence-electron chi connectivity index (χ0n) is 10.4. The van der Waals surface area contributed by atoms with Crippen LogP contribution in [-0.4, -0.2) is 18.8 Å². The average molecular weight is 300 g/mol. The molecule has 0 saturated heterocycles. The second-order valence-corrected chi connectivity index (χ2v) is 3.93. The third-order valence-electron chi connectivity index (χ3n) is 2.63. The van der Waals surface area contributed by atoms with E-state index in [-0.39, 0.29) is 24.8 Å². The Morgan fingerprint density at radius 3 is 2.47 bits per heavy atom. The monoisotopic (exact) mass is 299 g/mol. The van der Waals surface area contributed by atoms with Crippen LogP contribution in [0.3, 0.4) is 0 Å². The van der Waals surface area contributed by atoms with Gasteiger partial charge in [0.2, 0.25) is 0 Å². The fraction of sp³-hybridized carbons (Fsp3) is 0.500. The molecule has 1 aromatic carbocycles. The highest BCUT2D eigenvalue weighted by molar-refractivity contribution is 5.85. The van der Waals surface area contributed by atoms with Gasteiger partial charge in [0.05, 0.1) is 12.7 Å². The van der Waals surface area contributed by atoms with Gasteiger partial charge in [-0.15, -0.1) is 12.4 Å². The predicted octanol–water partition coefficient (Wildman–Crippen LogP) is 2.91. The number of nitrogens with two attached hydrogens (primary N) is 1. The van der Waals surface area contributed by atoms with E-state index in [1.54, 1.807) is 0 Å². The smallest absolute Gasteiger partial charge is 0.416 e. The fourth-order valence-electron chi connectivity index (χ4n) is 1.66. The van der Waals surface area contributed by atoms with Crippen molar-refractivity contribution < 1.29 is 23.0 Å². The normalized spacial score (nSPS) is 12.7. The minimum Gasteiger partial charge on any atom is -0.496 e. The summed E-state index contributed by atoms with van der Waals surface area (Å²) in [5.41, 5.74) is 5.59. The minimum atomic E-state index is -4.40. The third kappa shape index (κ3) is 4.89. The number of hydrogen-bond acceptors (Lipinski definition) is 3. The molecule has 0 saturated carbocycles. The van der Waals surface area contributed by atoms with Gasteiger partial charge in [0.15, 0.2) is 0 Å². The maximum Gasteiger partial charge on any atom is 0.416 e. The molecule has 0 radical (unpaired) electrons. The summed E-state index contributed by atoms with van der Waals surface area (Å²) in [7, 11) is 1.30. The fourth-order valence-corrected chi connectivity index (χ4v) is 1.66. The van der Waals surface area contributed by atoms with Gasteiger partial charge in [-0.05, 0) is 25.0 Å². The highest BCUT2D eigenvalue weighted by atomic mass is 35.5. The van der Waals surface area contributed by atoms with Crippen LogP contribution in [-0.2, 0) is 6.18 Å². The van der Waals surface area contributed by atoms with Crippen molar-refractivity contribution in [3.63, 3.8) is 0 Å².